The number of nitrogens with zero attached hydrogens (tertiary/aromatic N) is 1. The molecule has 18 heavy (non-hydrogen) atoms. The van der Waals surface area contributed by atoms with Crippen molar-refractivity contribution in [2.75, 3.05) is 32.8 Å². The first-order valence-corrected chi connectivity index (χ1v) is 7.46. The molecular weight excluding hydrogens is 224 g/mol. The minimum atomic E-state index is 0.563. The van der Waals surface area contributed by atoms with E-state index in [0.717, 1.165) is 32.2 Å². The van der Waals surface area contributed by atoms with Crippen LogP contribution in [0.15, 0.2) is 12.2 Å². The summed E-state index contributed by atoms with van der Waals surface area (Å²) in [4.78, 5) is 2.57. The Bertz CT molecular complexity index is 267. The van der Waals surface area contributed by atoms with Crippen molar-refractivity contribution in [3.63, 3.8) is 0 Å². The van der Waals surface area contributed by atoms with E-state index in [1.54, 1.807) is 0 Å². The summed E-state index contributed by atoms with van der Waals surface area (Å²) in [6, 6.07) is 1.18. The van der Waals surface area contributed by atoms with Crippen LogP contribution >= 0.6 is 0 Å². The Balaban J connectivity index is 1.64. The molecule has 1 aliphatic carbocycles. The van der Waals surface area contributed by atoms with Crippen LogP contribution in [-0.2, 0) is 4.74 Å². The van der Waals surface area contributed by atoms with Crippen LogP contribution in [0.3, 0.4) is 0 Å². The van der Waals surface area contributed by atoms with Crippen molar-refractivity contribution in [3.8, 4) is 0 Å². The molecule has 3 atom stereocenters. The average Bonchev–Trinajstić information content (AvgIpc) is 2.40. The zero-order chi connectivity index (χ0) is 12.8. The van der Waals surface area contributed by atoms with Crippen LogP contribution < -0.4 is 5.32 Å². The molecule has 0 radical (unpaired) electrons. The van der Waals surface area contributed by atoms with Gasteiger partial charge in [0.05, 0.1) is 13.2 Å². The standard InChI is InChI=1S/C15H28N2O/c1-13(17-8-9-18-12-14(17)2)10-16-11-15-6-4-3-5-7-15/h3-4,13-16H,5-12H2,1-2H3/t13-,14-,15+/m1/s1. The number of hydrogen-bond donors (Lipinski definition) is 1. The molecule has 1 fully saturated rings. The molecule has 2 rings (SSSR count). The fraction of sp³-hybridized carbons (Fsp3) is 0.867. The highest BCUT2D eigenvalue weighted by Crippen LogP contribution is 2.17. The second kappa shape index (κ2) is 7.27. The van der Waals surface area contributed by atoms with Crippen molar-refractivity contribution >= 4 is 0 Å². The highest BCUT2D eigenvalue weighted by molar-refractivity contribution is 4.90. The number of ether oxygens (including phenoxy) is 1. The van der Waals surface area contributed by atoms with Crippen molar-refractivity contribution in [1.29, 1.82) is 0 Å². The van der Waals surface area contributed by atoms with Gasteiger partial charge in [-0.3, -0.25) is 4.90 Å². The van der Waals surface area contributed by atoms with E-state index in [2.05, 4.69) is 36.2 Å². The van der Waals surface area contributed by atoms with E-state index in [1.807, 2.05) is 0 Å². The highest BCUT2D eigenvalue weighted by Gasteiger charge is 2.23. The van der Waals surface area contributed by atoms with Gasteiger partial charge >= 0.3 is 0 Å². The molecule has 1 saturated heterocycles. The third kappa shape index (κ3) is 4.08. The first kappa shape index (κ1) is 14.0. The molecule has 3 nitrogen and oxygen atoms in total. The van der Waals surface area contributed by atoms with Crippen molar-refractivity contribution < 1.29 is 4.74 Å². The van der Waals surface area contributed by atoms with Crippen LogP contribution in [0, 0.1) is 5.92 Å². The maximum absolute atomic E-state index is 5.49. The minimum Gasteiger partial charge on any atom is -0.379 e. The van der Waals surface area contributed by atoms with Gasteiger partial charge in [0.15, 0.2) is 0 Å². The zero-order valence-corrected chi connectivity index (χ0v) is 11.9. The third-order valence-electron chi connectivity index (χ3n) is 4.24. The summed E-state index contributed by atoms with van der Waals surface area (Å²) >= 11 is 0. The monoisotopic (exact) mass is 252 g/mol. The van der Waals surface area contributed by atoms with Gasteiger partial charge in [-0.1, -0.05) is 12.2 Å². The Morgan fingerprint density at radius 3 is 3.06 bits per heavy atom. The Hall–Kier alpha value is -0.380. The smallest absolute Gasteiger partial charge is 0.0619 e. The van der Waals surface area contributed by atoms with E-state index < -0.39 is 0 Å². The van der Waals surface area contributed by atoms with Crippen LogP contribution in [0.1, 0.15) is 33.1 Å². The van der Waals surface area contributed by atoms with Crippen molar-refractivity contribution in [3.05, 3.63) is 12.2 Å². The lowest BCUT2D eigenvalue weighted by molar-refractivity contribution is -0.0182. The van der Waals surface area contributed by atoms with Crippen molar-refractivity contribution in [2.24, 2.45) is 5.92 Å². The van der Waals surface area contributed by atoms with Crippen LogP contribution in [0.25, 0.3) is 0 Å². The first-order valence-electron chi connectivity index (χ1n) is 7.46. The second-order valence-electron chi connectivity index (χ2n) is 5.82. The molecule has 104 valence electrons. The molecule has 0 aromatic carbocycles. The lowest BCUT2D eigenvalue weighted by atomic mass is 9.94. The Morgan fingerprint density at radius 2 is 2.33 bits per heavy atom. The summed E-state index contributed by atoms with van der Waals surface area (Å²) in [5.41, 5.74) is 0. The number of morpholine rings is 1. The summed E-state index contributed by atoms with van der Waals surface area (Å²) in [5, 5.41) is 3.66. The van der Waals surface area contributed by atoms with E-state index in [-0.39, 0.29) is 0 Å². The quantitative estimate of drug-likeness (QED) is 0.758. The van der Waals surface area contributed by atoms with Crippen LogP contribution in [0.5, 0.6) is 0 Å². The van der Waals surface area contributed by atoms with Gasteiger partial charge in [0, 0.05) is 25.2 Å². The minimum absolute atomic E-state index is 0.563. The van der Waals surface area contributed by atoms with Crippen molar-refractivity contribution in [1.82, 2.24) is 10.2 Å². The molecular formula is C15H28N2O. The van der Waals surface area contributed by atoms with Crippen LogP contribution in [0.2, 0.25) is 0 Å². The largest absolute Gasteiger partial charge is 0.379 e. The van der Waals surface area contributed by atoms with Gasteiger partial charge in [0.25, 0.3) is 0 Å². The van der Waals surface area contributed by atoms with Gasteiger partial charge in [0.1, 0.15) is 0 Å². The summed E-state index contributed by atoms with van der Waals surface area (Å²) in [6.45, 7) is 9.73. The summed E-state index contributed by atoms with van der Waals surface area (Å²) < 4.78 is 5.49. The molecule has 1 N–H and O–H groups in total. The lowest BCUT2D eigenvalue weighted by Crippen LogP contribution is -2.51. The fourth-order valence-electron chi connectivity index (χ4n) is 3.05. The van der Waals surface area contributed by atoms with Crippen LogP contribution in [-0.4, -0.2) is 49.8 Å². The number of allylic oxidation sites excluding steroid dienone is 2. The molecule has 3 heteroatoms. The first-order chi connectivity index (χ1) is 8.77. The fourth-order valence-corrected chi connectivity index (χ4v) is 3.05. The second-order valence-corrected chi connectivity index (χ2v) is 5.82. The van der Waals surface area contributed by atoms with Gasteiger partial charge in [-0.25, -0.2) is 0 Å². The molecule has 1 heterocycles. The number of rotatable bonds is 5. The predicted molar refractivity (Wildman–Crippen MR) is 75.8 cm³/mol. The van der Waals surface area contributed by atoms with Crippen LogP contribution in [0.4, 0.5) is 0 Å². The molecule has 0 aromatic rings. The van der Waals surface area contributed by atoms with Gasteiger partial charge in [-0.15, -0.1) is 0 Å². The van der Waals surface area contributed by atoms with E-state index in [9.17, 15) is 0 Å². The molecule has 0 amide bonds. The SMILES string of the molecule is C[C@H](CNC[C@H]1CC=CCC1)N1CCOC[C@H]1C. The molecule has 0 aromatic heterocycles. The lowest BCUT2D eigenvalue weighted by Gasteiger charge is -2.38. The van der Waals surface area contributed by atoms with Gasteiger partial charge in [-0.05, 0) is 45.6 Å². The highest BCUT2D eigenvalue weighted by atomic mass is 16.5. The molecule has 1 aliphatic heterocycles. The Kier molecular flexibility index (Phi) is 5.67. The summed E-state index contributed by atoms with van der Waals surface area (Å²) in [6.07, 6.45) is 8.53. The number of nitrogens with one attached hydrogen (secondary N) is 1. The average molecular weight is 252 g/mol. The van der Waals surface area contributed by atoms with Gasteiger partial charge in [0.2, 0.25) is 0 Å². The topological polar surface area (TPSA) is 24.5 Å². The predicted octanol–water partition coefficient (Wildman–Crippen LogP) is 2.04. The van der Waals surface area contributed by atoms with E-state index in [0.29, 0.717) is 12.1 Å². The molecule has 0 spiro atoms. The van der Waals surface area contributed by atoms with E-state index >= 15 is 0 Å². The molecule has 2 aliphatic rings. The third-order valence-corrected chi connectivity index (χ3v) is 4.24. The maximum Gasteiger partial charge on any atom is 0.0619 e. The van der Waals surface area contributed by atoms with Crippen molar-refractivity contribution in [2.45, 2.75) is 45.2 Å². The van der Waals surface area contributed by atoms with Gasteiger partial charge in [-0.2, -0.15) is 0 Å². The molecule has 0 bridgehead atoms. The zero-order valence-electron chi connectivity index (χ0n) is 11.9. The normalized spacial score (nSPS) is 31.4. The van der Waals surface area contributed by atoms with Gasteiger partial charge < -0.3 is 10.1 Å². The Labute approximate surface area is 112 Å². The van der Waals surface area contributed by atoms with E-state index in [4.69, 9.17) is 4.74 Å². The molecule has 0 saturated carbocycles. The summed E-state index contributed by atoms with van der Waals surface area (Å²) in [5.74, 6) is 0.851. The number of hydrogen-bond acceptors (Lipinski definition) is 3. The summed E-state index contributed by atoms with van der Waals surface area (Å²) in [7, 11) is 0. The Morgan fingerprint density at radius 1 is 1.44 bits per heavy atom. The van der Waals surface area contributed by atoms with E-state index in [1.165, 1.54) is 25.8 Å². The maximum atomic E-state index is 5.49. The molecule has 0 unspecified atom stereocenters.